The van der Waals surface area contributed by atoms with E-state index < -0.39 is 6.04 Å². The topological polar surface area (TPSA) is 77.1 Å². The van der Waals surface area contributed by atoms with Crippen molar-refractivity contribution >= 4 is 17.5 Å². The second-order valence-electron chi connectivity index (χ2n) is 8.30. The minimum absolute atomic E-state index is 0.00651. The van der Waals surface area contributed by atoms with Crippen molar-refractivity contribution in [1.82, 2.24) is 4.90 Å². The highest BCUT2D eigenvalue weighted by atomic mass is 16.5. The molecule has 0 saturated heterocycles. The number of benzene rings is 2. The maximum Gasteiger partial charge on any atom is 0.247 e. The molecule has 2 aromatic carbocycles. The van der Waals surface area contributed by atoms with Gasteiger partial charge in [0, 0.05) is 38.2 Å². The average Bonchev–Trinajstić information content (AvgIpc) is 2.78. The molecule has 2 aromatic rings. The van der Waals surface area contributed by atoms with Crippen LogP contribution in [-0.4, -0.2) is 50.2 Å². The van der Waals surface area contributed by atoms with Crippen LogP contribution in [0, 0.1) is 5.92 Å². The number of hydrogen-bond acceptors (Lipinski definition) is 5. The molecule has 0 radical (unpaired) electrons. The summed E-state index contributed by atoms with van der Waals surface area (Å²) >= 11 is 0. The van der Waals surface area contributed by atoms with Gasteiger partial charge in [-0.1, -0.05) is 38.1 Å². The van der Waals surface area contributed by atoms with E-state index in [9.17, 15) is 9.59 Å². The van der Waals surface area contributed by atoms with Crippen LogP contribution >= 0.6 is 0 Å². The normalized spacial score (nSPS) is 15.3. The van der Waals surface area contributed by atoms with Gasteiger partial charge in [-0.3, -0.25) is 9.59 Å². The molecule has 2 amide bonds. The Hall–Kier alpha value is -3.06. The lowest BCUT2D eigenvalue weighted by Crippen LogP contribution is -2.50. The fourth-order valence-electron chi connectivity index (χ4n) is 3.81. The molecule has 1 aliphatic heterocycles. The Labute approximate surface area is 189 Å². The van der Waals surface area contributed by atoms with Gasteiger partial charge in [0.25, 0.3) is 0 Å². The van der Waals surface area contributed by atoms with Crippen LogP contribution in [0.5, 0.6) is 11.5 Å². The van der Waals surface area contributed by atoms with E-state index in [2.05, 4.69) is 5.32 Å². The molecule has 1 heterocycles. The standard InChI is InChI=1S/C25H32N2O5/c1-17(2)13-24(28)27-16-19-8-6-5-7-18(19)14-21(27)25(29)26-20-9-10-22(31-4)23(15-20)32-12-11-30-3/h5-10,15,17,21H,11-14,16H2,1-4H3,(H,26,29). The van der Waals surface area contributed by atoms with Crippen molar-refractivity contribution < 1.29 is 23.8 Å². The summed E-state index contributed by atoms with van der Waals surface area (Å²) in [6.07, 6.45) is 0.894. The number of ether oxygens (including phenoxy) is 3. The molecule has 1 unspecified atom stereocenters. The number of carbonyl (C=O) groups excluding carboxylic acids is 2. The van der Waals surface area contributed by atoms with Gasteiger partial charge in [-0.15, -0.1) is 0 Å². The molecule has 0 aromatic heterocycles. The molecule has 7 heteroatoms. The molecule has 0 bridgehead atoms. The number of amides is 2. The van der Waals surface area contributed by atoms with Crippen LogP contribution in [-0.2, 0) is 27.3 Å². The summed E-state index contributed by atoms with van der Waals surface area (Å²) < 4.78 is 16.1. The molecule has 32 heavy (non-hydrogen) atoms. The zero-order chi connectivity index (χ0) is 23.1. The van der Waals surface area contributed by atoms with Gasteiger partial charge in [-0.2, -0.15) is 0 Å². The smallest absolute Gasteiger partial charge is 0.247 e. The van der Waals surface area contributed by atoms with Crippen LogP contribution in [0.4, 0.5) is 5.69 Å². The van der Waals surface area contributed by atoms with Crippen LogP contribution in [0.1, 0.15) is 31.4 Å². The second kappa shape index (κ2) is 11.0. The minimum atomic E-state index is -0.573. The van der Waals surface area contributed by atoms with E-state index in [0.717, 1.165) is 11.1 Å². The highest BCUT2D eigenvalue weighted by molar-refractivity contribution is 5.98. The Bertz CT molecular complexity index is 944. The fraction of sp³-hybridized carbons (Fsp3) is 0.440. The number of rotatable bonds is 9. The Kier molecular flexibility index (Phi) is 8.11. The van der Waals surface area contributed by atoms with E-state index >= 15 is 0 Å². The number of hydrogen-bond donors (Lipinski definition) is 1. The van der Waals surface area contributed by atoms with Crippen molar-refractivity contribution in [2.75, 3.05) is 32.8 Å². The third-order valence-electron chi connectivity index (χ3n) is 5.43. The maximum absolute atomic E-state index is 13.3. The molecule has 3 rings (SSSR count). The molecule has 0 fully saturated rings. The van der Waals surface area contributed by atoms with Gasteiger partial charge in [0.15, 0.2) is 11.5 Å². The SMILES string of the molecule is COCCOc1cc(NC(=O)C2Cc3ccccc3CN2C(=O)CC(C)C)ccc1OC. The van der Waals surface area contributed by atoms with Crippen LogP contribution in [0.15, 0.2) is 42.5 Å². The lowest BCUT2D eigenvalue weighted by Gasteiger charge is -2.36. The van der Waals surface area contributed by atoms with Crippen molar-refractivity contribution in [3.05, 3.63) is 53.6 Å². The number of carbonyl (C=O) groups is 2. The minimum Gasteiger partial charge on any atom is -0.493 e. The van der Waals surface area contributed by atoms with Crippen molar-refractivity contribution in [3.8, 4) is 11.5 Å². The molecule has 0 spiro atoms. The summed E-state index contributed by atoms with van der Waals surface area (Å²) in [4.78, 5) is 28.0. The first-order chi connectivity index (χ1) is 15.4. The fourth-order valence-corrected chi connectivity index (χ4v) is 3.81. The van der Waals surface area contributed by atoms with Crippen molar-refractivity contribution in [2.45, 2.75) is 39.3 Å². The summed E-state index contributed by atoms with van der Waals surface area (Å²) in [7, 11) is 3.17. The van der Waals surface area contributed by atoms with E-state index in [0.29, 0.717) is 49.8 Å². The van der Waals surface area contributed by atoms with Gasteiger partial charge >= 0.3 is 0 Å². The maximum atomic E-state index is 13.3. The van der Waals surface area contributed by atoms with E-state index in [4.69, 9.17) is 14.2 Å². The van der Waals surface area contributed by atoms with Gasteiger partial charge in [-0.25, -0.2) is 0 Å². The van der Waals surface area contributed by atoms with Crippen molar-refractivity contribution in [3.63, 3.8) is 0 Å². The molecule has 172 valence electrons. The molecular formula is C25H32N2O5. The van der Waals surface area contributed by atoms with Crippen molar-refractivity contribution in [1.29, 1.82) is 0 Å². The molecule has 1 atom stereocenters. The Morgan fingerprint density at radius 1 is 1.06 bits per heavy atom. The second-order valence-corrected chi connectivity index (χ2v) is 8.30. The highest BCUT2D eigenvalue weighted by Crippen LogP contribution is 2.31. The van der Waals surface area contributed by atoms with Crippen LogP contribution in [0.3, 0.4) is 0 Å². The van der Waals surface area contributed by atoms with E-state index in [1.807, 2.05) is 38.1 Å². The van der Waals surface area contributed by atoms with Gasteiger partial charge in [0.05, 0.1) is 13.7 Å². The van der Waals surface area contributed by atoms with Gasteiger partial charge in [-0.05, 0) is 29.2 Å². The number of methoxy groups -OCH3 is 2. The van der Waals surface area contributed by atoms with Gasteiger partial charge in [0.2, 0.25) is 11.8 Å². The monoisotopic (exact) mass is 440 g/mol. The quantitative estimate of drug-likeness (QED) is 0.602. The largest absolute Gasteiger partial charge is 0.493 e. The van der Waals surface area contributed by atoms with Crippen LogP contribution in [0.25, 0.3) is 0 Å². The van der Waals surface area contributed by atoms with E-state index in [-0.39, 0.29) is 17.7 Å². The Balaban J connectivity index is 1.81. The zero-order valence-electron chi connectivity index (χ0n) is 19.2. The summed E-state index contributed by atoms with van der Waals surface area (Å²) in [6.45, 7) is 5.25. The molecule has 7 nitrogen and oxygen atoms in total. The Morgan fingerprint density at radius 2 is 1.81 bits per heavy atom. The van der Waals surface area contributed by atoms with Crippen molar-refractivity contribution in [2.24, 2.45) is 5.92 Å². The summed E-state index contributed by atoms with van der Waals surface area (Å²) in [5.41, 5.74) is 2.77. The molecular weight excluding hydrogens is 408 g/mol. The third-order valence-corrected chi connectivity index (χ3v) is 5.43. The highest BCUT2D eigenvalue weighted by Gasteiger charge is 2.34. The summed E-state index contributed by atoms with van der Waals surface area (Å²) in [6, 6.07) is 12.6. The van der Waals surface area contributed by atoms with E-state index in [1.165, 1.54) is 0 Å². The first-order valence-electron chi connectivity index (χ1n) is 10.9. The number of fused-ring (bicyclic) bond motifs is 1. The first kappa shape index (κ1) is 23.6. The lowest BCUT2D eigenvalue weighted by molar-refractivity contribution is -0.140. The lowest BCUT2D eigenvalue weighted by atomic mass is 9.92. The molecule has 1 N–H and O–H groups in total. The third kappa shape index (κ3) is 5.79. The Morgan fingerprint density at radius 3 is 2.50 bits per heavy atom. The van der Waals surface area contributed by atoms with Gasteiger partial charge < -0.3 is 24.4 Å². The number of nitrogens with zero attached hydrogens (tertiary/aromatic N) is 1. The predicted molar refractivity (Wildman–Crippen MR) is 123 cm³/mol. The van der Waals surface area contributed by atoms with Crippen LogP contribution < -0.4 is 14.8 Å². The number of nitrogens with one attached hydrogen (secondary N) is 1. The first-order valence-corrected chi connectivity index (χ1v) is 10.9. The zero-order valence-corrected chi connectivity index (χ0v) is 19.2. The predicted octanol–water partition coefficient (Wildman–Crippen LogP) is 3.66. The molecule has 0 saturated carbocycles. The molecule has 1 aliphatic rings. The average molecular weight is 441 g/mol. The van der Waals surface area contributed by atoms with E-state index in [1.54, 1.807) is 37.3 Å². The number of anilines is 1. The van der Waals surface area contributed by atoms with Crippen LogP contribution in [0.2, 0.25) is 0 Å². The summed E-state index contributed by atoms with van der Waals surface area (Å²) in [5, 5.41) is 2.96. The molecule has 0 aliphatic carbocycles. The van der Waals surface area contributed by atoms with Gasteiger partial charge in [0.1, 0.15) is 12.6 Å². The summed E-state index contributed by atoms with van der Waals surface area (Å²) in [5.74, 6) is 1.08.